The smallest absolute Gasteiger partial charge is 0.292 e. The molecular weight excluding hydrogens is 369 g/mol. The predicted octanol–water partition coefficient (Wildman–Crippen LogP) is 3.51. The summed E-state index contributed by atoms with van der Waals surface area (Å²) in [4.78, 5) is 22.2. The van der Waals surface area contributed by atoms with Crippen LogP contribution in [0.25, 0.3) is 0 Å². The number of ether oxygens (including phenoxy) is 1. The molecule has 2 N–H and O–H groups in total. The lowest BCUT2D eigenvalue weighted by atomic mass is 10.2. The van der Waals surface area contributed by atoms with Crippen molar-refractivity contribution in [1.29, 1.82) is 0 Å². The third-order valence-corrected chi connectivity index (χ3v) is 3.66. The van der Waals surface area contributed by atoms with Gasteiger partial charge in [-0.3, -0.25) is 14.9 Å². The normalized spacial score (nSPS) is 10.2. The van der Waals surface area contributed by atoms with Crippen LogP contribution in [0.4, 0.5) is 11.4 Å². The average molecular weight is 384 g/mol. The number of anilines is 1. The summed E-state index contributed by atoms with van der Waals surface area (Å²) in [6, 6.07) is 11.0. The van der Waals surface area contributed by atoms with Crippen LogP contribution in [-0.2, 0) is 4.79 Å². The van der Waals surface area contributed by atoms with Crippen molar-refractivity contribution in [3.05, 3.63) is 62.6 Å². The number of benzene rings is 2. The quantitative estimate of drug-likeness (QED) is 0.413. The molecule has 0 fully saturated rings. The van der Waals surface area contributed by atoms with Crippen molar-refractivity contribution < 1.29 is 14.5 Å². The third-order valence-electron chi connectivity index (χ3n) is 3.12. The van der Waals surface area contributed by atoms with Gasteiger partial charge in [0, 0.05) is 30.2 Å². The van der Waals surface area contributed by atoms with Crippen LogP contribution >= 0.6 is 23.2 Å². The number of nitrogens with zero attached hydrogens (tertiary/aromatic N) is 1. The first kappa shape index (κ1) is 18.8. The van der Waals surface area contributed by atoms with Crippen molar-refractivity contribution in [2.45, 2.75) is 0 Å². The SMILES string of the molecule is O=C(COc1cc(Cl)ccc1Cl)NCCNc1ccccc1[N+](=O)[O-]. The van der Waals surface area contributed by atoms with Gasteiger partial charge >= 0.3 is 0 Å². The second-order valence-corrected chi connectivity index (χ2v) is 5.76. The van der Waals surface area contributed by atoms with Gasteiger partial charge < -0.3 is 15.4 Å². The molecule has 9 heteroatoms. The number of carbonyl (C=O) groups is 1. The van der Waals surface area contributed by atoms with Crippen LogP contribution in [0.2, 0.25) is 10.0 Å². The van der Waals surface area contributed by atoms with Gasteiger partial charge in [-0.25, -0.2) is 0 Å². The van der Waals surface area contributed by atoms with Gasteiger partial charge in [0.15, 0.2) is 6.61 Å². The predicted molar refractivity (Wildman–Crippen MR) is 96.6 cm³/mol. The Balaban J connectivity index is 1.74. The molecule has 132 valence electrons. The van der Waals surface area contributed by atoms with E-state index in [1.807, 2.05) is 0 Å². The molecule has 2 rings (SSSR count). The molecular formula is C16H15Cl2N3O4. The summed E-state index contributed by atoms with van der Waals surface area (Å²) >= 11 is 11.8. The summed E-state index contributed by atoms with van der Waals surface area (Å²) in [5.41, 5.74) is 0.372. The number of para-hydroxylation sites is 2. The largest absolute Gasteiger partial charge is 0.482 e. The number of hydrogen-bond donors (Lipinski definition) is 2. The molecule has 0 atom stereocenters. The van der Waals surface area contributed by atoms with E-state index in [1.54, 1.807) is 30.3 Å². The van der Waals surface area contributed by atoms with Gasteiger partial charge in [0.05, 0.1) is 9.95 Å². The van der Waals surface area contributed by atoms with E-state index in [0.29, 0.717) is 28.0 Å². The van der Waals surface area contributed by atoms with E-state index in [4.69, 9.17) is 27.9 Å². The number of nitrogens with one attached hydrogen (secondary N) is 2. The Morgan fingerprint density at radius 3 is 2.68 bits per heavy atom. The van der Waals surface area contributed by atoms with Crippen molar-refractivity contribution in [1.82, 2.24) is 5.32 Å². The van der Waals surface area contributed by atoms with Crippen molar-refractivity contribution in [3.63, 3.8) is 0 Å². The van der Waals surface area contributed by atoms with Crippen LogP contribution in [0.1, 0.15) is 0 Å². The van der Waals surface area contributed by atoms with E-state index < -0.39 is 4.92 Å². The standard InChI is InChI=1S/C16H15Cl2N3O4/c17-11-5-6-12(18)15(9-11)25-10-16(22)20-8-7-19-13-3-1-2-4-14(13)21(23)24/h1-6,9,19H,7-8,10H2,(H,20,22). The Bertz CT molecular complexity index is 771. The van der Waals surface area contributed by atoms with Crippen molar-refractivity contribution in [2.24, 2.45) is 0 Å². The second-order valence-electron chi connectivity index (χ2n) is 4.91. The van der Waals surface area contributed by atoms with E-state index in [1.165, 1.54) is 12.1 Å². The van der Waals surface area contributed by atoms with Gasteiger partial charge in [0.2, 0.25) is 0 Å². The minimum Gasteiger partial charge on any atom is -0.482 e. The molecule has 0 bridgehead atoms. The fourth-order valence-corrected chi connectivity index (χ4v) is 2.30. The van der Waals surface area contributed by atoms with Gasteiger partial charge in [-0.15, -0.1) is 0 Å². The van der Waals surface area contributed by atoms with E-state index in [0.717, 1.165) is 0 Å². The van der Waals surface area contributed by atoms with E-state index in [-0.39, 0.29) is 24.7 Å². The minimum atomic E-state index is -0.469. The van der Waals surface area contributed by atoms with Crippen molar-refractivity contribution >= 4 is 40.5 Å². The Labute approximate surface area is 154 Å². The highest BCUT2D eigenvalue weighted by molar-refractivity contribution is 6.34. The summed E-state index contributed by atoms with van der Waals surface area (Å²) < 4.78 is 5.31. The van der Waals surface area contributed by atoms with Crippen LogP contribution in [0.3, 0.4) is 0 Å². The van der Waals surface area contributed by atoms with E-state index in [9.17, 15) is 14.9 Å². The molecule has 0 spiro atoms. The highest BCUT2D eigenvalue weighted by Gasteiger charge is 2.11. The van der Waals surface area contributed by atoms with Crippen LogP contribution < -0.4 is 15.4 Å². The van der Waals surface area contributed by atoms with Gasteiger partial charge in [-0.05, 0) is 18.2 Å². The van der Waals surface area contributed by atoms with Crippen LogP contribution in [-0.4, -0.2) is 30.5 Å². The Morgan fingerprint density at radius 1 is 1.16 bits per heavy atom. The minimum absolute atomic E-state index is 0.0206. The van der Waals surface area contributed by atoms with Gasteiger partial charge in [0.1, 0.15) is 11.4 Å². The number of amides is 1. The van der Waals surface area contributed by atoms with Gasteiger partial charge in [-0.1, -0.05) is 35.3 Å². The number of halogens is 2. The molecule has 0 heterocycles. The summed E-state index contributed by atoms with van der Waals surface area (Å²) in [6.45, 7) is 0.386. The Kier molecular flexibility index (Phi) is 6.85. The number of hydrogen-bond acceptors (Lipinski definition) is 5. The molecule has 0 aromatic heterocycles. The van der Waals surface area contributed by atoms with Crippen molar-refractivity contribution in [3.8, 4) is 5.75 Å². The summed E-state index contributed by atoms with van der Waals surface area (Å²) in [7, 11) is 0. The highest BCUT2D eigenvalue weighted by Crippen LogP contribution is 2.27. The summed E-state index contributed by atoms with van der Waals surface area (Å²) in [5, 5.41) is 17.2. The summed E-state index contributed by atoms with van der Waals surface area (Å²) in [5.74, 6) is -0.0252. The molecule has 7 nitrogen and oxygen atoms in total. The third kappa shape index (κ3) is 5.81. The maximum Gasteiger partial charge on any atom is 0.292 e. The Morgan fingerprint density at radius 2 is 1.92 bits per heavy atom. The first-order chi connectivity index (χ1) is 12.0. The first-order valence-corrected chi connectivity index (χ1v) is 8.05. The summed E-state index contributed by atoms with van der Waals surface area (Å²) in [6.07, 6.45) is 0. The van der Waals surface area contributed by atoms with Crippen LogP contribution in [0.5, 0.6) is 5.75 Å². The monoisotopic (exact) mass is 383 g/mol. The van der Waals surface area contributed by atoms with Gasteiger partial charge in [-0.2, -0.15) is 0 Å². The lowest BCUT2D eigenvalue weighted by molar-refractivity contribution is -0.384. The first-order valence-electron chi connectivity index (χ1n) is 7.29. The molecule has 2 aromatic carbocycles. The number of rotatable bonds is 8. The zero-order valence-electron chi connectivity index (χ0n) is 13.0. The molecule has 0 saturated heterocycles. The van der Waals surface area contributed by atoms with Crippen molar-refractivity contribution in [2.75, 3.05) is 25.0 Å². The molecule has 1 amide bonds. The number of nitro benzene ring substituents is 1. The van der Waals surface area contributed by atoms with E-state index in [2.05, 4.69) is 10.6 Å². The maximum absolute atomic E-state index is 11.8. The number of carbonyl (C=O) groups excluding carboxylic acids is 1. The molecule has 0 radical (unpaired) electrons. The van der Waals surface area contributed by atoms with Crippen LogP contribution in [0.15, 0.2) is 42.5 Å². The lowest BCUT2D eigenvalue weighted by Gasteiger charge is -2.10. The molecule has 0 unspecified atom stereocenters. The molecule has 0 aliphatic rings. The fourth-order valence-electron chi connectivity index (χ4n) is 1.96. The number of nitro groups is 1. The molecule has 2 aromatic rings. The molecule has 0 saturated carbocycles. The fraction of sp³-hybridized carbons (Fsp3) is 0.188. The van der Waals surface area contributed by atoms with Gasteiger partial charge in [0.25, 0.3) is 11.6 Å². The molecule has 25 heavy (non-hydrogen) atoms. The maximum atomic E-state index is 11.8. The highest BCUT2D eigenvalue weighted by atomic mass is 35.5. The second kappa shape index (κ2) is 9.10. The topological polar surface area (TPSA) is 93.5 Å². The lowest BCUT2D eigenvalue weighted by Crippen LogP contribution is -2.32. The molecule has 0 aliphatic heterocycles. The Hall–Kier alpha value is -2.51. The zero-order valence-corrected chi connectivity index (χ0v) is 14.5. The van der Waals surface area contributed by atoms with E-state index >= 15 is 0 Å². The zero-order chi connectivity index (χ0) is 18.2. The van der Waals surface area contributed by atoms with Crippen LogP contribution in [0, 0.1) is 10.1 Å². The average Bonchev–Trinajstić information content (AvgIpc) is 2.59. The molecule has 0 aliphatic carbocycles.